The van der Waals surface area contributed by atoms with Crippen molar-refractivity contribution < 1.29 is 4.79 Å². The molecule has 0 spiro atoms. The number of nitrogens with zero attached hydrogens (tertiary/aromatic N) is 3. The average molecular weight is 313 g/mol. The molecule has 3 aromatic rings. The molecule has 0 saturated heterocycles. The first-order valence-electron chi connectivity index (χ1n) is 6.66. The Morgan fingerprint density at radius 3 is 2.68 bits per heavy atom. The van der Waals surface area contributed by atoms with E-state index in [-0.39, 0.29) is 5.78 Å². The van der Waals surface area contributed by atoms with Crippen molar-refractivity contribution >= 4 is 28.9 Å². The minimum absolute atomic E-state index is 0.0911. The van der Waals surface area contributed by atoms with Crippen LogP contribution in [0.2, 0.25) is 5.02 Å². The molecule has 110 valence electrons. The molecule has 0 fully saturated rings. The minimum atomic E-state index is -0.0911. The van der Waals surface area contributed by atoms with Gasteiger partial charge in [0.05, 0.1) is 16.9 Å². The van der Waals surface area contributed by atoms with Gasteiger partial charge < -0.3 is 9.88 Å². The van der Waals surface area contributed by atoms with E-state index in [9.17, 15) is 4.79 Å². The molecule has 0 aliphatic carbocycles. The number of ketones is 1. The number of anilines is 2. The maximum Gasteiger partial charge on any atom is 0.179 e. The van der Waals surface area contributed by atoms with Gasteiger partial charge in [-0.05, 0) is 12.1 Å². The third kappa shape index (κ3) is 2.99. The zero-order valence-electron chi connectivity index (χ0n) is 11.8. The van der Waals surface area contributed by atoms with Crippen molar-refractivity contribution in [3.63, 3.8) is 0 Å². The van der Waals surface area contributed by atoms with E-state index in [0.717, 1.165) is 5.69 Å². The number of nitrogens with one attached hydrogen (secondary N) is 1. The standard InChI is InChI=1S/C16H13ClN4O/c1-11(22)14-9-21(10-19-14)15-7-16(18-8-13(15)17)20-12-5-3-2-4-6-12/h2-10H,1H3,(H,18,20). The number of Topliss-reactive ketones (excluding diaryl/α,β-unsaturated/α-hetero) is 1. The molecule has 0 bridgehead atoms. The van der Waals surface area contributed by atoms with E-state index in [2.05, 4.69) is 15.3 Å². The Hall–Kier alpha value is -2.66. The van der Waals surface area contributed by atoms with Crippen molar-refractivity contribution in [2.45, 2.75) is 6.92 Å². The van der Waals surface area contributed by atoms with Crippen molar-refractivity contribution in [1.29, 1.82) is 0 Å². The van der Waals surface area contributed by atoms with Gasteiger partial charge in [0.1, 0.15) is 17.8 Å². The van der Waals surface area contributed by atoms with Crippen molar-refractivity contribution in [2.24, 2.45) is 0 Å². The Balaban J connectivity index is 1.94. The summed E-state index contributed by atoms with van der Waals surface area (Å²) in [7, 11) is 0. The fourth-order valence-corrected chi connectivity index (χ4v) is 2.20. The van der Waals surface area contributed by atoms with Gasteiger partial charge >= 0.3 is 0 Å². The molecule has 0 aliphatic rings. The van der Waals surface area contributed by atoms with Crippen LogP contribution in [0.15, 0.2) is 55.1 Å². The van der Waals surface area contributed by atoms with Crippen molar-refractivity contribution in [3.8, 4) is 5.69 Å². The highest BCUT2D eigenvalue weighted by molar-refractivity contribution is 6.32. The molecule has 0 radical (unpaired) electrons. The number of rotatable bonds is 4. The van der Waals surface area contributed by atoms with Crippen LogP contribution >= 0.6 is 11.6 Å². The zero-order valence-corrected chi connectivity index (χ0v) is 12.6. The first kappa shape index (κ1) is 14.3. The average Bonchev–Trinajstić information content (AvgIpc) is 3.00. The fourth-order valence-electron chi connectivity index (χ4n) is 2.00. The Morgan fingerprint density at radius 1 is 1.23 bits per heavy atom. The third-order valence-corrected chi connectivity index (χ3v) is 3.39. The first-order valence-corrected chi connectivity index (χ1v) is 7.04. The highest BCUT2D eigenvalue weighted by atomic mass is 35.5. The highest BCUT2D eigenvalue weighted by Crippen LogP contribution is 2.24. The van der Waals surface area contributed by atoms with Crippen LogP contribution in [0.25, 0.3) is 5.69 Å². The lowest BCUT2D eigenvalue weighted by Gasteiger charge is -2.09. The van der Waals surface area contributed by atoms with Crippen molar-refractivity contribution in [3.05, 3.63) is 65.8 Å². The number of aromatic nitrogens is 3. The predicted molar refractivity (Wildman–Crippen MR) is 86.1 cm³/mol. The molecule has 22 heavy (non-hydrogen) atoms. The summed E-state index contributed by atoms with van der Waals surface area (Å²) < 4.78 is 1.71. The van der Waals surface area contributed by atoms with Crippen molar-refractivity contribution in [1.82, 2.24) is 14.5 Å². The number of pyridine rings is 1. The largest absolute Gasteiger partial charge is 0.340 e. The van der Waals surface area contributed by atoms with Crippen LogP contribution in [0.3, 0.4) is 0 Å². The third-order valence-electron chi connectivity index (χ3n) is 3.10. The number of hydrogen-bond donors (Lipinski definition) is 1. The Kier molecular flexibility index (Phi) is 3.89. The number of benzene rings is 1. The summed E-state index contributed by atoms with van der Waals surface area (Å²) in [6.07, 6.45) is 4.77. The van der Waals surface area contributed by atoms with E-state index in [4.69, 9.17) is 11.6 Å². The van der Waals surface area contributed by atoms with E-state index in [1.54, 1.807) is 29.4 Å². The normalized spacial score (nSPS) is 10.5. The molecular formula is C16H13ClN4O. The molecule has 2 aromatic heterocycles. The number of carbonyl (C=O) groups excluding carboxylic acids is 1. The lowest BCUT2D eigenvalue weighted by Crippen LogP contribution is -1.98. The van der Waals surface area contributed by atoms with Gasteiger partial charge in [0.2, 0.25) is 0 Å². The Bertz CT molecular complexity index is 814. The number of hydrogen-bond acceptors (Lipinski definition) is 4. The van der Waals surface area contributed by atoms with Gasteiger partial charge in [0, 0.05) is 24.9 Å². The van der Waals surface area contributed by atoms with Crippen LogP contribution in [0, 0.1) is 0 Å². The summed E-state index contributed by atoms with van der Waals surface area (Å²) in [6, 6.07) is 11.5. The lowest BCUT2D eigenvalue weighted by atomic mass is 10.3. The molecule has 3 rings (SSSR count). The smallest absolute Gasteiger partial charge is 0.179 e. The SMILES string of the molecule is CC(=O)c1cn(-c2cc(Nc3ccccc3)ncc2Cl)cn1. The molecule has 0 atom stereocenters. The monoisotopic (exact) mass is 312 g/mol. The second-order valence-electron chi connectivity index (χ2n) is 4.73. The summed E-state index contributed by atoms with van der Waals surface area (Å²) >= 11 is 6.20. The van der Waals surface area contributed by atoms with Gasteiger partial charge in [0.15, 0.2) is 5.78 Å². The first-order chi connectivity index (χ1) is 10.6. The fraction of sp³-hybridized carbons (Fsp3) is 0.0625. The molecule has 0 saturated carbocycles. The van der Waals surface area contributed by atoms with Crippen LogP contribution in [0.5, 0.6) is 0 Å². The molecule has 6 heteroatoms. The molecule has 0 aliphatic heterocycles. The van der Waals surface area contributed by atoms with Crippen LogP contribution in [-0.4, -0.2) is 20.3 Å². The van der Waals surface area contributed by atoms with Gasteiger partial charge in [-0.25, -0.2) is 9.97 Å². The summed E-state index contributed by atoms with van der Waals surface area (Å²) in [6.45, 7) is 1.48. The topological polar surface area (TPSA) is 59.8 Å². The molecular weight excluding hydrogens is 300 g/mol. The quantitative estimate of drug-likeness (QED) is 0.743. The number of imidazole rings is 1. The van der Waals surface area contributed by atoms with Gasteiger partial charge in [0.25, 0.3) is 0 Å². The second-order valence-corrected chi connectivity index (χ2v) is 5.14. The maximum absolute atomic E-state index is 11.3. The lowest BCUT2D eigenvalue weighted by molar-refractivity contribution is 0.101. The van der Waals surface area contributed by atoms with E-state index in [1.807, 2.05) is 30.3 Å². The van der Waals surface area contributed by atoms with Gasteiger partial charge in [-0.3, -0.25) is 4.79 Å². The summed E-state index contributed by atoms with van der Waals surface area (Å²) in [5.74, 6) is 0.565. The molecule has 2 heterocycles. The summed E-state index contributed by atoms with van der Waals surface area (Å²) in [5.41, 5.74) is 2.03. The second kappa shape index (κ2) is 5.99. The van der Waals surface area contributed by atoms with Gasteiger partial charge in [-0.2, -0.15) is 0 Å². The maximum atomic E-state index is 11.3. The minimum Gasteiger partial charge on any atom is -0.340 e. The van der Waals surface area contributed by atoms with Gasteiger partial charge in [-0.15, -0.1) is 0 Å². The number of para-hydroxylation sites is 1. The van der Waals surface area contributed by atoms with Crippen LogP contribution in [0.1, 0.15) is 17.4 Å². The van der Waals surface area contributed by atoms with E-state index in [0.29, 0.717) is 22.2 Å². The van der Waals surface area contributed by atoms with Crippen molar-refractivity contribution in [2.75, 3.05) is 5.32 Å². The van der Waals surface area contributed by atoms with E-state index in [1.165, 1.54) is 6.92 Å². The number of halogens is 1. The molecule has 0 amide bonds. The Labute approximate surface area is 132 Å². The van der Waals surface area contributed by atoms with E-state index < -0.39 is 0 Å². The van der Waals surface area contributed by atoms with Gasteiger partial charge in [-0.1, -0.05) is 29.8 Å². The summed E-state index contributed by atoms with van der Waals surface area (Å²) in [4.78, 5) is 19.7. The molecule has 0 unspecified atom stereocenters. The number of carbonyl (C=O) groups is 1. The molecule has 1 aromatic carbocycles. The van der Waals surface area contributed by atoms with Crippen LogP contribution < -0.4 is 5.32 Å². The Morgan fingerprint density at radius 2 is 2.00 bits per heavy atom. The predicted octanol–water partition coefficient (Wildman–Crippen LogP) is 3.87. The zero-order chi connectivity index (χ0) is 15.5. The highest BCUT2D eigenvalue weighted by Gasteiger charge is 2.09. The van der Waals surface area contributed by atoms with E-state index >= 15 is 0 Å². The van der Waals surface area contributed by atoms with Crippen LogP contribution in [-0.2, 0) is 0 Å². The summed E-state index contributed by atoms with van der Waals surface area (Å²) in [5, 5.41) is 3.68. The van der Waals surface area contributed by atoms with Crippen LogP contribution in [0.4, 0.5) is 11.5 Å². The molecule has 1 N–H and O–H groups in total. The molecule has 5 nitrogen and oxygen atoms in total.